The SMILES string of the molecule is CCC(CC)(CO)CNc1cnc2c(c1)c(C)nn2C. The summed E-state index contributed by atoms with van der Waals surface area (Å²) in [6.07, 6.45) is 3.74. The first-order valence-electron chi connectivity index (χ1n) is 7.19. The van der Waals surface area contributed by atoms with Crippen molar-refractivity contribution in [3.05, 3.63) is 18.0 Å². The van der Waals surface area contributed by atoms with E-state index in [9.17, 15) is 5.11 Å². The van der Waals surface area contributed by atoms with E-state index in [1.54, 1.807) is 4.68 Å². The van der Waals surface area contributed by atoms with E-state index in [4.69, 9.17) is 0 Å². The van der Waals surface area contributed by atoms with Gasteiger partial charge in [-0.1, -0.05) is 13.8 Å². The number of rotatable bonds is 6. The van der Waals surface area contributed by atoms with Crippen molar-refractivity contribution < 1.29 is 5.11 Å². The van der Waals surface area contributed by atoms with E-state index < -0.39 is 0 Å². The number of aromatic nitrogens is 3. The summed E-state index contributed by atoms with van der Waals surface area (Å²) >= 11 is 0. The zero-order valence-electron chi connectivity index (χ0n) is 12.8. The molecule has 5 heteroatoms. The van der Waals surface area contributed by atoms with Crippen LogP contribution < -0.4 is 5.32 Å². The molecular weight excluding hydrogens is 252 g/mol. The van der Waals surface area contributed by atoms with Gasteiger partial charge >= 0.3 is 0 Å². The van der Waals surface area contributed by atoms with E-state index in [0.29, 0.717) is 0 Å². The molecule has 0 saturated carbocycles. The summed E-state index contributed by atoms with van der Waals surface area (Å²) in [5.41, 5.74) is 2.80. The molecule has 0 atom stereocenters. The van der Waals surface area contributed by atoms with Gasteiger partial charge in [-0.05, 0) is 25.8 Å². The molecule has 5 nitrogen and oxygen atoms in total. The zero-order valence-corrected chi connectivity index (χ0v) is 12.8. The van der Waals surface area contributed by atoms with Crippen molar-refractivity contribution in [2.75, 3.05) is 18.5 Å². The summed E-state index contributed by atoms with van der Waals surface area (Å²) < 4.78 is 1.80. The Morgan fingerprint density at radius 3 is 2.65 bits per heavy atom. The predicted octanol–water partition coefficient (Wildman–Crippen LogP) is 2.49. The Morgan fingerprint density at radius 2 is 2.05 bits per heavy atom. The number of hydrogen-bond donors (Lipinski definition) is 2. The number of aryl methyl sites for hydroxylation is 2. The fourth-order valence-electron chi connectivity index (χ4n) is 2.47. The summed E-state index contributed by atoms with van der Waals surface area (Å²) in [4.78, 5) is 4.46. The number of fused-ring (bicyclic) bond motifs is 1. The molecular formula is C15H24N4O. The van der Waals surface area contributed by atoms with Gasteiger partial charge in [-0.2, -0.15) is 5.10 Å². The summed E-state index contributed by atoms with van der Waals surface area (Å²) in [6, 6.07) is 2.08. The molecule has 2 aromatic heterocycles. The molecule has 2 aromatic rings. The maximum atomic E-state index is 9.60. The fourth-order valence-corrected chi connectivity index (χ4v) is 2.47. The van der Waals surface area contributed by atoms with Crippen LogP contribution in [-0.2, 0) is 7.05 Å². The van der Waals surface area contributed by atoms with Gasteiger partial charge in [-0.25, -0.2) is 4.98 Å². The van der Waals surface area contributed by atoms with Gasteiger partial charge in [0.2, 0.25) is 0 Å². The van der Waals surface area contributed by atoms with Crippen molar-refractivity contribution in [2.24, 2.45) is 12.5 Å². The second kappa shape index (κ2) is 5.79. The normalized spacial score (nSPS) is 12.1. The molecule has 2 heterocycles. The summed E-state index contributed by atoms with van der Waals surface area (Å²) in [6.45, 7) is 7.18. The molecule has 0 amide bonds. The Bertz CT molecular complexity index is 579. The molecule has 0 radical (unpaired) electrons. The zero-order chi connectivity index (χ0) is 14.8. The van der Waals surface area contributed by atoms with Crippen LogP contribution in [0.4, 0.5) is 5.69 Å². The number of anilines is 1. The number of pyridine rings is 1. The predicted molar refractivity (Wildman–Crippen MR) is 81.8 cm³/mol. The number of aliphatic hydroxyl groups is 1. The standard InChI is InChI=1S/C15H24N4O/c1-5-15(6-2,10-20)9-17-12-7-13-11(3)18-19(4)14(13)16-8-12/h7-8,17,20H,5-6,9-10H2,1-4H3. The van der Waals surface area contributed by atoms with Crippen LogP contribution in [0.1, 0.15) is 32.4 Å². The topological polar surface area (TPSA) is 63.0 Å². The number of nitrogens with one attached hydrogen (secondary N) is 1. The van der Waals surface area contributed by atoms with E-state index >= 15 is 0 Å². The lowest BCUT2D eigenvalue weighted by Gasteiger charge is -2.29. The number of aliphatic hydroxyl groups excluding tert-OH is 1. The van der Waals surface area contributed by atoms with Gasteiger partial charge in [-0.15, -0.1) is 0 Å². The van der Waals surface area contributed by atoms with E-state index in [-0.39, 0.29) is 12.0 Å². The van der Waals surface area contributed by atoms with Crippen molar-refractivity contribution in [3.8, 4) is 0 Å². The average Bonchev–Trinajstić information content (AvgIpc) is 2.76. The van der Waals surface area contributed by atoms with E-state index in [2.05, 4.69) is 35.3 Å². The second-order valence-electron chi connectivity index (χ2n) is 5.52. The van der Waals surface area contributed by atoms with Gasteiger partial charge < -0.3 is 10.4 Å². The Hall–Kier alpha value is -1.62. The fraction of sp³-hybridized carbons (Fsp3) is 0.600. The maximum absolute atomic E-state index is 9.60. The van der Waals surface area contributed by atoms with Crippen molar-refractivity contribution in [2.45, 2.75) is 33.6 Å². The van der Waals surface area contributed by atoms with Gasteiger partial charge in [0.15, 0.2) is 5.65 Å². The van der Waals surface area contributed by atoms with Gasteiger partial charge in [0.1, 0.15) is 0 Å². The molecule has 0 bridgehead atoms. The van der Waals surface area contributed by atoms with Gasteiger partial charge in [0, 0.05) is 24.4 Å². The van der Waals surface area contributed by atoms with Gasteiger partial charge in [0.05, 0.1) is 24.2 Å². The monoisotopic (exact) mass is 276 g/mol. The summed E-state index contributed by atoms with van der Waals surface area (Å²) in [5, 5.41) is 18.5. The van der Waals surface area contributed by atoms with Crippen LogP contribution in [0.15, 0.2) is 12.3 Å². The lowest BCUT2D eigenvalue weighted by molar-refractivity contribution is 0.127. The Balaban J connectivity index is 2.20. The van der Waals surface area contributed by atoms with Crippen LogP contribution in [-0.4, -0.2) is 33.0 Å². The minimum Gasteiger partial charge on any atom is -0.396 e. The maximum Gasteiger partial charge on any atom is 0.157 e. The molecule has 0 aromatic carbocycles. The van der Waals surface area contributed by atoms with E-state index in [1.165, 1.54) is 0 Å². The van der Waals surface area contributed by atoms with Crippen LogP contribution in [0, 0.1) is 12.3 Å². The molecule has 110 valence electrons. The van der Waals surface area contributed by atoms with Crippen LogP contribution >= 0.6 is 0 Å². The number of hydrogen-bond acceptors (Lipinski definition) is 4. The van der Waals surface area contributed by atoms with Crippen molar-refractivity contribution in [3.63, 3.8) is 0 Å². The highest BCUT2D eigenvalue weighted by Crippen LogP contribution is 2.27. The molecule has 0 saturated heterocycles. The highest BCUT2D eigenvalue weighted by Gasteiger charge is 2.24. The minimum atomic E-state index is -0.0566. The molecule has 2 N–H and O–H groups in total. The molecule has 0 spiro atoms. The smallest absolute Gasteiger partial charge is 0.157 e. The quantitative estimate of drug-likeness (QED) is 0.851. The Morgan fingerprint density at radius 1 is 1.35 bits per heavy atom. The van der Waals surface area contributed by atoms with Crippen molar-refractivity contribution in [1.82, 2.24) is 14.8 Å². The molecule has 0 fully saturated rings. The third-order valence-corrected chi connectivity index (χ3v) is 4.37. The van der Waals surface area contributed by atoms with Crippen LogP contribution in [0.25, 0.3) is 11.0 Å². The second-order valence-corrected chi connectivity index (χ2v) is 5.52. The summed E-state index contributed by atoms with van der Waals surface area (Å²) in [5.74, 6) is 0. The van der Waals surface area contributed by atoms with Crippen molar-refractivity contribution in [1.29, 1.82) is 0 Å². The minimum absolute atomic E-state index is 0.0566. The Kier molecular flexibility index (Phi) is 4.28. The van der Waals surface area contributed by atoms with E-state index in [0.717, 1.165) is 41.8 Å². The molecule has 0 unspecified atom stereocenters. The average molecular weight is 276 g/mol. The first-order chi connectivity index (χ1) is 9.55. The lowest BCUT2D eigenvalue weighted by Crippen LogP contribution is -2.32. The summed E-state index contributed by atoms with van der Waals surface area (Å²) in [7, 11) is 1.90. The third-order valence-electron chi connectivity index (χ3n) is 4.37. The lowest BCUT2D eigenvalue weighted by atomic mass is 9.83. The molecule has 20 heavy (non-hydrogen) atoms. The Labute approximate surface area is 120 Å². The first-order valence-corrected chi connectivity index (χ1v) is 7.19. The van der Waals surface area contributed by atoms with E-state index in [1.807, 2.05) is 20.2 Å². The number of nitrogens with zero attached hydrogens (tertiary/aromatic N) is 3. The molecule has 0 aliphatic rings. The third kappa shape index (κ3) is 2.63. The highest BCUT2D eigenvalue weighted by molar-refractivity contribution is 5.81. The highest BCUT2D eigenvalue weighted by atomic mass is 16.3. The molecule has 2 rings (SSSR count). The molecule has 0 aliphatic carbocycles. The largest absolute Gasteiger partial charge is 0.396 e. The van der Waals surface area contributed by atoms with Crippen LogP contribution in [0.5, 0.6) is 0 Å². The van der Waals surface area contributed by atoms with Gasteiger partial charge in [-0.3, -0.25) is 4.68 Å². The molecule has 0 aliphatic heterocycles. The van der Waals surface area contributed by atoms with Crippen LogP contribution in [0.2, 0.25) is 0 Å². The first kappa shape index (κ1) is 14.8. The van der Waals surface area contributed by atoms with Gasteiger partial charge in [0.25, 0.3) is 0 Å². The van der Waals surface area contributed by atoms with Crippen LogP contribution in [0.3, 0.4) is 0 Å². The van der Waals surface area contributed by atoms with Crippen molar-refractivity contribution >= 4 is 16.7 Å².